The molecule has 0 radical (unpaired) electrons. The first kappa shape index (κ1) is 14.0. The Morgan fingerprint density at radius 1 is 1.55 bits per heavy atom. The van der Waals surface area contributed by atoms with Crippen LogP contribution in [0.1, 0.15) is 31.4 Å². The maximum Gasteiger partial charge on any atom is 0.299 e. The molecular weight excluding hydrogens is 264 g/mol. The Kier molecular flexibility index (Phi) is 4.34. The number of pyridine rings is 1. The molecule has 1 fully saturated rings. The first-order chi connectivity index (χ1) is 9.61. The van der Waals surface area contributed by atoms with Crippen molar-refractivity contribution in [3.05, 3.63) is 27.9 Å². The van der Waals surface area contributed by atoms with E-state index in [-0.39, 0.29) is 17.3 Å². The third-order valence-corrected chi connectivity index (χ3v) is 3.34. The molecule has 20 heavy (non-hydrogen) atoms. The van der Waals surface area contributed by atoms with Gasteiger partial charge in [-0.15, -0.1) is 0 Å². The zero-order valence-electron chi connectivity index (χ0n) is 10.9. The molecule has 0 spiro atoms. The summed E-state index contributed by atoms with van der Waals surface area (Å²) in [5, 5.41) is 22.3. The molecule has 1 aliphatic carbocycles. The summed E-state index contributed by atoms with van der Waals surface area (Å²) in [6.45, 7) is 0.528. The highest BCUT2D eigenvalue weighted by Crippen LogP contribution is 2.26. The second-order valence-corrected chi connectivity index (χ2v) is 4.72. The van der Waals surface area contributed by atoms with Crippen molar-refractivity contribution in [2.75, 3.05) is 6.61 Å². The van der Waals surface area contributed by atoms with Gasteiger partial charge in [0.05, 0.1) is 11.5 Å². The third kappa shape index (κ3) is 3.14. The van der Waals surface area contributed by atoms with E-state index in [1.807, 2.05) is 0 Å². The predicted molar refractivity (Wildman–Crippen MR) is 70.9 cm³/mol. The summed E-state index contributed by atoms with van der Waals surface area (Å²) in [6.07, 6.45) is 4.66. The highest BCUT2D eigenvalue weighted by atomic mass is 16.6. The van der Waals surface area contributed by atoms with Crippen molar-refractivity contribution >= 4 is 11.5 Å². The number of rotatable bonds is 5. The first-order valence-electron chi connectivity index (χ1n) is 6.38. The fourth-order valence-corrected chi connectivity index (χ4v) is 2.28. The second kappa shape index (κ2) is 6.18. The van der Waals surface area contributed by atoms with E-state index in [1.165, 1.54) is 25.0 Å². The van der Waals surface area contributed by atoms with Gasteiger partial charge >= 0.3 is 0 Å². The smallest absolute Gasteiger partial charge is 0.299 e. The van der Waals surface area contributed by atoms with E-state index in [2.05, 4.69) is 10.1 Å². The van der Waals surface area contributed by atoms with E-state index in [9.17, 15) is 10.1 Å². The molecule has 8 nitrogen and oxygen atoms in total. The molecule has 8 heteroatoms. The van der Waals surface area contributed by atoms with Crippen LogP contribution in [0.5, 0.6) is 5.88 Å². The average molecular weight is 280 g/mol. The second-order valence-electron chi connectivity index (χ2n) is 4.72. The standard InChI is InChI=1S/C12H16N4O4/c13-12(15-17)11-9(16(18)19)5-6-10(14-11)20-7-8-3-1-2-4-8/h5-6,8,17H,1-4,7H2,(H2,13,15). The topological polar surface area (TPSA) is 124 Å². The molecule has 3 N–H and O–H groups in total. The fraction of sp³-hybridized carbons (Fsp3) is 0.500. The lowest BCUT2D eigenvalue weighted by molar-refractivity contribution is -0.385. The molecule has 0 atom stereocenters. The van der Waals surface area contributed by atoms with Crippen LogP contribution in [0, 0.1) is 16.0 Å². The quantitative estimate of drug-likeness (QED) is 0.278. The summed E-state index contributed by atoms with van der Waals surface area (Å²) in [7, 11) is 0. The van der Waals surface area contributed by atoms with Crippen LogP contribution in [-0.4, -0.2) is 27.6 Å². The average Bonchev–Trinajstić information content (AvgIpc) is 2.97. The Morgan fingerprint density at radius 3 is 2.85 bits per heavy atom. The molecular formula is C12H16N4O4. The third-order valence-electron chi connectivity index (χ3n) is 3.34. The van der Waals surface area contributed by atoms with Crippen LogP contribution < -0.4 is 10.5 Å². The van der Waals surface area contributed by atoms with Gasteiger partial charge in [0.2, 0.25) is 5.88 Å². The largest absolute Gasteiger partial charge is 0.477 e. The molecule has 0 aliphatic heterocycles. The lowest BCUT2D eigenvalue weighted by Crippen LogP contribution is -2.18. The number of oxime groups is 1. The van der Waals surface area contributed by atoms with Gasteiger partial charge in [0.1, 0.15) is 0 Å². The molecule has 2 rings (SSSR count). The summed E-state index contributed by atoms with van der Waals surface area (Å²) in [6, 6.07) is 2.66. The number of ether oxygens (including phenoxy) is 1. The van der Waals surface area contributed by atoms with Crippen molar-refractivity contribution in [2.45, 2.75) is 25.7 Å². The van der Waals surface area contributed by atoms with E-state index in [0.717, 1.165) is 12.8 Å². The van der Waals surface area contributed by atoms with E-state index in [1.54, 1.807) is 0 Å². The highest BCUT2D eigenvalue weighted by Gasteiger charge is 2.21. The fourth-order valence-electron chi connectivity index (χ4n) is 2.28. The lowest BCUT2D eigenvalue weighted by Gasteiger charge is -2.11. The number of amidine groups is 1. The monoisotopic (exact) mass is 280 g/mol. The molecule has 1 aromatic rings. The van der Waals surface area contributed by atoms with E-state index in [4.69, 9.17) is 15.7 Å². The zero-order valence-corrected chi connectivity index (χ0v) is 10.9. The maximum absolute atomic E-state index is 10.9. The van der Waals surface area contributed by atoms with Crippen molar-refractivity contribution in [2.24, 2.45) is 16.8 Å². The SMILES string of the molecule is N/C(=N/O)c1nc(OCC2CCCC2)ccc1[N+](=O)[O-]. The van der Waals surface area contributed by atoms with Crippen molar-refractivity contribution in [1.29, 1.82) is 0 Å². The van der Waals surface area contributed by atoms with Crippen molar-refractivity contribution in [3.8, 4) is 5.88 Å². The van der Waals surface area contributed by atoms with Crippen LogP contribution in [0.15, 0.2) is 17.3 Å². The van der Waals surface area contributed by atoms with Gasteiger partial charge in [-0.3, -0.25) is 10.1 Å². The molecule has 1 aromatic heterocycles. The zero-order chi connectivity index (χ0) is 14.5. The van der Waals surface area contributed by atoms with Gasteiger partial charge in [0.25, 0.3) is 5.69 Å². The normalized spacial score (nSPS) is 16.3. The summed E-state index contributed by atoms with van der Waals surface area (Å²) < 4.78 is 5.53. The van der Waals surface area contributed by atoms with Crippen LogP contribution in [-0.2, 0) is 0 Å². The maximum atomic E-state index is 10.9. The first-order valence-corrected chi connectivity index (χ1v) is 6.38. The van der Waals surface area contributed by atoms with E-state index in [0.29, 0.717) is 12.5 Å². The molecule has 0 unspecified atom stereocenters. The minimum atomic E-state index is -0.638. The molecule has 1 aliphatic rings. The van der Waals surface area contributed by atoms with Gasteiger partial charge in [-0.1, -0.05) is 18.0 Å². The van der Waals surface area contributed by atoms with Crippen LogP contribution >= 0.6 is 0 Å². The molecule has 0 amide bonds. The number of aromatic nitrogens is 1. The molecule has 1 saturated carbocycles. The lowest BCUT2D eigenvalue weighted by atomic mass is 10.1. The number of nitrogens with two attached hydrogens (primary N) is 1. The Morgan fingerprint density at radius 2 is 2.25 bits per heavy atom. The number of hydrogen-bond acceptors (Lipinski definition) is 6. The Bertz CT molecular complexity index is 526. The number of nitrogens with zero attached hydrogens (tertiary/aromatic N) is 3. The van der Waals surface area contributed by atoms with Gasteiger partial charge in [0, 0.05) is 12.1 Å². The number of hydrogen-bond donors (Lipinski definition) is 2. The molecule has 1 heterocycles. The summed E-state index contributed by atoms with van der Waals surface area (Å²) in [5.74, 6) is 0.325. The Labute approximate surface area is 115 Å². The predicted octanol–water partition coefficient (Wildman–Crippen LogP) is 1.65. The van der Waals surface area contributed by atoms with E-state index >= 15 is 0 Å². The summed E-state index contributed by atoms with van der Waals surface area (Å²) >= 11 is 0. The summed E-state index contributed by atoms with van der Waals surface area (Å²) in [5.41, 5.74) is 4.88. The van der Waals surface area contributed by atoms with Crippen molar-refractivity contribution in [3.63, 3.8) is 0 Å². The van der Waals surface area contributed by atoms with Gasteiger partial charge < -0.3 is 15.7 Å². The van der Waals surface area contributed by atoms with Crippen molar-refractivity contribution in [1.82, 2.24) is 4.98 Å². The minimum Gasteiger partial charge on any atom is -0.477 e. The van der Waals surface area contributed by atoms with Gasteiger partial charge in [-0.25, -0.2) is 4.98 Å². The van der Waals surface area contributed by atoms with Crippen LogP contribution in [0.4, 0.5) is 5.69 Å². The van der Waals surface area contributed by atoms with Gasteiger partial charge in [0.15, 0.2) is 11.5 Å². The Hall–Kier alpha value is -2.38. The highest BCUT2D eigenvalue weighted by molar-refractivity contribution is 5.98. The van der Waals surface area contributed by atoms with E-state index < -0.39 is 10.8 Å². The molecule has 0 saturated heterocycles. The van der Waals surface area contributed by atoms with Crippen LogP contribution in [0.25, 0.3) is 0 Å². The number of nitro groups is 1. The Balaban J connectivity index is 2.16. The van der Waals surface area contributed by atoms with Gasteiger partial charge in [-0.2, -0.15) is 0 Å². The van der Waals surface area contributed by atoms with Crippen LogP contribution in [0.3, 0.4) is 0 Å². The van der Waals surface area contributed by atoms with Crippen LogP contribution in [0.2, 0.25) is 0 Å². The summed E-state index contributed by atoms with van der Waals surface area (Å²) in [4.78, 5) is 14.2. The minimum absolute atomic E-state index is 0.193. The van der Waals surface area contributed by atoms with Gasteiger partial charge in [-0.05, 0) is 18.8 Å². The van der Waals surface area contributed by atoms with Crippen molar-refractivity contribution < 1.29 is 14.9 Å². The molecule has 0 bridgehead atoms. The molecule has 108 valence electrons. The molecule has 0 aromatic carbocycles.